The fourth-order valence-corrected chi connectivity index (χ4v) is 2.60. The van der Waals surface area contributed by atoms with Crippen molar-refractivity contribution < 1.29 is 0 Å². The van der Waals surface area contributed by atoms with Gasteiger partial charge in [0.2, 0.25) is 5.56 Å². The Morgan fingerprint density at radius 2 is 2.11 bits per heavy atom. The van der Waals surface area contributed by atoms with E-state index in [1.807, 2.05) is 23.6 Å². The van der Waals surface area contributed by atoms with Gasteiger partial charge in [-0.15, -0.1) is 11.3 Å². The quantitative estimate of drug-likeness (QED) is 0.657. The highest BCUT2D eigenvalue weighted by Gasteiger charge is 2.15. The first kappa shape index (κ1) is 10.8. The van der Waals surface area contributed by atoms with E-state index in [9.17, 15) is 4.79 Å². The molecule has 3 heterocycles. The van der Waals surface area contributed by atoms with Crippen molar-refractivity contribution in [2.75, 3.05) is 5.73 Å². The van der Waals surface area contributed by atoms with Gasteiger partial charge in [-0.1, -0.05) is 12.1 Å². The number of nitrogen functional groups attached to an aromatic ring is 1. The maximum absolute atomic E-state index is 11.3. The Kier molecular flexibility index (Phi) is 2.49. The molecule has 0 saturated heterocycles. The average molecular weight is 258 g/mol. The van der Waals surface area contributed by atoms with Crippen molar-refractivity contribution in [3.8, 4) is 21.8 Å². The predicted octanol–water partition coefficient (Wildman–Crippen LogP) is 2.08. The average Bonchev–Trinajstić information content (AvgIpc) is 2.97. The number of hydrogen-bond acceptors (Lipinski definition) is 4. The van der Waals surface area contributed by atoms with Gasteiger partial charge in [0.15, 0.2) is 5.82 Å². The number of rotatable bonds is 2. The lowest BCUT2D eigenvalue weighted by molar-refractivity contribution is 1.09. The topological polar surface area (TPSA) is 87.6 Å². The number of H-pyrrole nitrogens is 2. The van der Waals surface area contributed by atoms with Crippen LogP contribution in [0.1, 0.15) is 0 Å². The summed E-state index contributed by atoms with van der Waals surface area (Å²) in [5.41, 5.74) is 7.96. The summed E-state index contributed by atoms with van der Waals surface area (Å²) in [6.07, 6.45) is 0. The Labute approximate surface area is 106 Å². The van der Waals surface area contributed by atoms with Crippen molar-refractivity contribution >= 4 is 17.2 Å². The van der Waals surface area contributed by atoms with Gasteiger partial charge in [0, 0.05) is 10.9 Å². The lowest BCUT2D eigenvalue weighted by atomic mass is 10.1. The van der Waals surface area contributed by atoms with Crippen molar-refractivity contribution in [1.29, 1.82) is 0 Å². The first-order valence-electron chi connectivity index (χ1n) is 5.33. The first-order chi connectivity index (χ1) is 8.75. The molecule has 0 radical (unpaired) electrons. The largest absolute Gasteiger partial charge is 0.382 e. The highest BCUT2D eigenvalue weighted by atomic mass is 32.1. The first-order valence-corrected chi connectivity index (χ1v) is 6.21. The van der Waals surface area contributed by atoms with Gasteiger partial charge in [-0.05, 0) is 17.5 Å². The van der Waals surface area contributed by atoms with Crippen LogP contribution >= 0.6 is 11.3 Å². The summed E-state index contributed by atoms with van der Waals surface area (Å²) in [7, 11) is 0. The third-order valence-electron chi connectivity index (χ3n) is 2.60. The summed E-state index contributed by atoms with van der Waals surface area (Å²) in [6.45, 7) is 0. The fraction of sp³-hybridized carbons (Fsp3) is 0. The Morgan fingerprint density at radius 1 is 1.22 bits per heavy atom. The van der Waals surface area contributed by atoms with E-state index >= 15 is 0 Å². The molecule has 0 aliphatic rings. The molecule has 3 rings (SSSR count). The smallest absolute Gasteiger partial charge is 0.248 e. The third kappa shape index (κ3) is 1.72. The molecular formula is C12H10N4OS. The number of anilines is 1. The number of thiophene rings is 1. The van der Waals surface area contributed by atoms with E-state index in [0.717, 1.165) is 16.1 Å². The molecule has 0 aromatic carbocycles. The molecule has 5 nitrogen and oxygen atoms in total. The number of aromatic amines is 2. The fourth-order valence-electron chi connectivity index (χ4n) is 1.81. The van der Waals surface area contributed by atoms with E-state index < -0.39 is 0 Å². The molecule has 3 aromatic heterocycles. The van der Waals surface area contributed by atoms with Crippen LogP contribution in [0.2, 0.25) is 0 Å². The van der Waals surface area contributed by atoms with E-state index in [-0.39, 0.29) is 5.56 Å². The zero-order valence-corrected chi connectivity index (χ0v) is 10.1. The molecule has 4 N–H and O–H groups in total. The van der Waals surface area contributed by atoms with E-state index in [1.165, 1.54) is 6.07 Å². The van der Waals surface area contributed by atoms with Crippen molar-refractivity contribution in [2.24, 2.45) is 0 Å². The number of hydrogen-bond donors (Lipinski definition) is 3. The normalized spacial score (nSPS) is 10.7. The third-order valence-corrected chi connectivity index (χ3v) is 3.49. The summed E-state index contributed by atoms with van der Waals surface area (Å²) < 4.78 is 0. The highest BCUT2D eigenvalue weighted by Crippen LogP contribution is 2.35. The minimum Gasteiger partial charge on any atom is -0.382 e. The van der Waals surface area contributed by atoms with E-state index in [2.05, 4.69) is 15.2 Å². The molecule has 0 unspecified atom stereocenters. The Hall–Kier alpha value is -2.34. The zero-order chi connectivity index (χ0) is 12.5. The monoisotopic (exact) mass is 258 g/mol. The van der Waals surface area contributed by atoms with Crippen molar-refractivity contribution in [3.05, 3.63) is 46.1 Å². The van der Waals surface area contributed by atoms with Crippen molar-refractivity contribution in [2.45, 2.75) is 0 Å². The lowest BCUT2D eigenvalue weighted by Crippen LogP contribution is -2.04. The molecule has 0 bridgehead atoms. The molecule has 0 aliphatic carbocycles. The Balaban J connectivity index is 2.23. The summed E-state index contributed by atoms with van der Waals surface area (Å²) in [4.78, 5) is 15.1. The second kappa shape index (κ2) is 4.15. The second-order valence-electron chi connectivity index (χ2n) is 3.76. The van der Waals surface area contributed by atoms with Gasteiger partial charge in [0.05, 0.1) is 17.0 Å². The van der Waals surface area contributed by atoms with Gasteiger partial charge in [-0.25, -0.2) is 0 Å². The maximum Gasteiger partial charge on any atom is 0.248 e. The van der Waals surface area contributed by atoms with Crippen LogP contribution in [0, 0.1) is 0 Å². The van der Waals surface area contributed by atoms with E-state index in [1.54, 1.807) is 17.4 Å². The van der Waals surface area contributed by atoms with Crippen LogP contribution in [0.25, 0.3) is 21.8 Å². The van der Waals surface area contributed by atoms with Crippen LogP contribution in [-0.2, 0) is 0 Å². The predicted molar refractivity (Wildman–Crippen MR) is 72.4 cm³/mol. The minimum absolute atomic E-state index is 0.155. The standard InChI is InChI=1S/C12H10N4OS/c13-12-10(8-4-2-6-18-8)11(15-16-12)7-3-1-5-9(17)14-7/h1-6H,(H,14,17)(H3,13,15,16). The van der Waals surface area contributed by atoms with Gasteiger partial charge >= 0.3 is 0 Å². The van der Waals surface area contributed by atoms with Gasteiger partial charge in [0.1, 0.15) is 0 Å². The van der Waals surface area contributed by atoms with Gasteiger partial charge < -0.3 is 10.7 Å². The van der Waals surface area contributed by atoms with Crippen LogP contribution in [0.15, 0.2) is 40.5 Å². The molecule has 0 atom stereocenters. The number of nitrogens with one attached hydrogen (secondary N) is 2. The van der Waals surface area contributed by atoms with Crippen molar-refractivity contribution in [3.63, 3.8) is 0 Å². The van der Waals surface area contributed by atoms with E-state index in [4.69, 9.17) is 5.73 Å². The van der Waals surface area contributed by atoms with Crippen LogP contribution in [-0.4, -0.2) is 15.2 Å². The summed E-state index contributed by atoms with van der Waals surface area (Å²) >= 11 is 1.58. The van der Waals surface area contributed by atoms with Crippen LogP contribution in [0.5, 0.6) is 0 Å². The number of nitrogens with two attached hydrogens (primary N) is 1. The Bertz CT molecular complexity index is 727. The van der Waals surface area contributed by atoms with Crippen LogP contribution in [0.4, 0.5) is 5.82 Å². The Morgan fingerprint density at radius 3 is 2.83 bits per heavy atom. The summed E-state index contributed by atoms with van der Waals surface area (Å²) in [6, 6.07) is 8.89. The molecule has 0 fully saturated rings. The zero-order valence-electron chi connectivity index (χ0n) is 9.31. The number of nitrogens with zero attached hydrogens (tertiary/aromatic N) is 1. The van der Waals surface area contributed by atoms with Gasteiger partial charge in [-0.2, -0.15) is 5.10 Å². The molecule has 0 amide bonds. The van der Waals surface area contributed by atoms with Crippen LogP contribution in [0.3, 0.4) is 0 Å². The maximum atomic E-state index is 11.3. The van der Waals surface area contributed by atoms with Crippen molar-refractivity contribution in [1.82, 2.24) is 15.2 Å². The van der Waals surface area contributed by atoms with Gasteiger partial charge in [0.25, 0.3) is 0 Å². The van der Waals surface area contributed by atoms with E-state index in [0.29, 0.717) is 11.5 Å². The molecule has 3 aromatic rings. The summed E-state index contributed by atoms with van der Waals surface area (Å²) in [5, 5.41) is 8.85. The molecule has 18 heavy (non-hydrogen) atoms. The molecule has 0 spiro atoms. The summed E-state index contributed by atoms with van der Waals surface area (Å²) in [5.74, 6) is 0.428. The number of pyridine rings is 1. The molecule has 0 aliphatic heterocycles. The molecular weight excluding hydrogens is 248 g/mol. The highest BCUT2D eigenvalue weighted by molar-refractivity contribution is 7.13. The van der Waals surface area contributed by atoms with Crippen LogP contribution < -0.4 is 11.3 Å². The van der Waals surface area contributed by atoms with Gasteiger partial charge in [-0.3, -0.25) is 9.89 Å². The molecule has 0 saturated carbocycles. The minimum atomic E-state index is -0.155. The molecule has 90 valence electrons. The SMILES string of the molecule is Nc1n[nH]c(-c2cccc(=O)[nH]2)c1-c1cccs1. The number of aromatic nitrogens is 3. The second-order valence-corrected chi connectivity index (χ2v) is 4.71. The lowest BCUT2D eigenvalue weighted by Gasteiger charge is -2.01. The molecule has 6 heteroatoms.